The van der Waals surface area contributed by atoms with Crippen molar-refractivity contribution in [1.82, 2.24) is 15.5 Å². The number of rotatable bonds is 10. The summed E-state index contributed by atoms with van der Waals surface area (Å²) in [6, 6.07) is 4.03. The third-order valence-electron chi connectivity index (χ3n) is 5.62. The fraction of sp³-hybridized carbons (Fsp3) is 0.667. The normalized spacial score (nSPS) is 15.0. The summed E-state index contributed by atoms with van der Waals surface area (Å²) < 4.78 is 5.33. The number of hydrogen-bond donors (Lipinski definition) is 2. The number of benzene rings is 1. The second-order valence-electron chi connectivity index (χ2n) is 10.4. The molecule has 3 amide bonds. The summed E-state index contributed by atoms with van der Waals surface area (Å²) in [5.74, 6) is -0.549. The molecule has 34 heavy (non-hydrogen) atoms. The van der Waals surface area contributed by atoms with Gasteiger partial charge in [0.05, 0.1) is 0 Å². The van der Waals surface area contributed by atoms with Crippen molar-refractivity contribution >= 4 is 17.9 Å². The van der Waals surface area contributed by atoms with Crippen LogP contribution in [0.4, 0.5) is 4.79 Å². The Morgan fingerprint density at radius 3 is 2.00 bits per heavy atom. The molecule has 0 saturated carbocycles. The first-order valence-corrected chi connectivity index (χ1v) is 12.4. The van der Waals surface area contributed by atoms with Gasteiger partial charge in [0, 0.05) is 12.1 Å². The number of nitrogens with one attached hydrogen (secondary N) is 2. The van der Waals surface area contributed by atoms with Crippen molar-refractivity contribution in [3.05, 3.63) is 34.9 Å². The summed E-state index contributed by atoms with van der Waals surface area (Å²) in [6.45, 7) is 18.8. The molecule has 0 aromatic heterocycles. The first-order valence-electron chi connectivity index (χ1n) is 12.4. The van der Waals surface area contributed by atoms with Crippen LogP contribution in [0.1, 0.15) is 97.4 Å². The van der Waals surface area contributed by atoms with Crippen LogP contribution in [0.25, 0.3) is 0 Å². The number of carbonyl (C=O) groups excluding carboxylic acids is 3. The molecule has 7 nitrogen and oxygen atoms in total. The summed E-state index contributed by atoms with van der Waals surface area (Å²) in [5.41, 5.74) is 2.12. The predicted octanol–water partition coefficient (Wildman–Crippen LogP) is 5.19. The Labute approximate surface area is 206 Å². The number of aryl methyl sites for hydroxylation is 2. The molecular formula is C27H45N3O4. The molecule has 4 unspecified atom stereocenters. The number of carbonyl (C=O) groups is 3. The van der Waals surface area contributed by atoms with E-state index >= 15 is 0 Å². The standard InChI is InChI=1S/C27H45N3O4/c1-11-13-19(5)28-24(31)23(22-15-17(3)14-18(4)16-22)30(20(6)12-2)25(32)21(7)29-26(33)34-27(8,9)10/h14-16,19-21,23H,11-13H2,1-10H3,(H,28,31)(H,29,33). The Morgan fingerprint density at radius 2 is 1.53 bits per heavy atom. The van der Waals surface area contributed by atoms with Gasteiger partial charge in [0.25, 0.3) is 0 Å². The number of amides is 3. The third kappa shape index (κ3) is 8.99. The van der Waals surface area contributed by atoms with Crippen LogP contribution in [0, 0.1) is 13.8 Å². The maximum absolute atomic E-state index is 13.7. The largest absolute Gasteiger partial charge is 0.444 e. The van der Waals surface area contributed by atoms with E-state index in [0.29, 0.717) is 6.42 Å². The van der Waals surface area contributed by atoms with Crippen LogP contribution in [0.3, 0.4) is 0 Å². The number of nitrogens with zero attached hydrogens (tertiary/aromatic N) is 1. The molecule has 0 aliphatic heterocycles. The van der Waals surface area contributed by atoms with Gasteiger partial charge in [-0.1, -0.05) is 49.6 Å². The molecule has 0 fully saturated rings. The van der Waals surface area contributed by atoms with Gasteiger partial charge in [-0.25, -0.2) is 4.79 Å². The number of ether oxygens (including phenoxy) is 1. The van der Waals surface area contributed by atoms with E-state index in [9.17, 15) is 14.4 Å². The zero-order chi connectivity index (χ0) is 26.2. The van der Waals surface area contributed by atoms with Crippen molar-refractivity contribution in [2.24, 2.45) is 0 Å². The van der Waals surface area contributed by atoms with Crippen molar-refractivity contribution in [2.75, 3.05) is 0 Å². The van der Waals surface area contributed by atoms with E-state index in [1.807, 2.05) is 52.8 Å². The summed E-state index contributed by atoms with van der Waals surface area (Å²) in [7, 11) is 0. The van der Waals surface area contributed by atoms with E-state index in [1.54, 1.807) is 32.6 Å². The number of alkyl carbamates (subject to hydrolysis) is 1. The quantitative estimate of drug-likeness (QED) is 0.487. The highest BCUT2D eigenvalue weighted by molar-refractivity contribution is 5.92. The van der Waals surface area contributed by atoms with E-state index in [0.717, 1.165) is 29.5 Å². The molecule has 0 saturated heterocycles. The Hall–Kier alpha value is -2.57. The second kappa shape index (κ2) is 12.8. The lowest BCUT2D eigenvalue weighted by Gasteiger charge is -2.38. The highest BCUT2D eigenvalue weighted by Gasteiger charge is 2.37. The van der Waals surface area contributed by atoms with Gasteiger partial charge in [-0.2, -0.15) is 0 Å². The minimum atomic E-state index is -0.863. The van der Waals surface area contributed by atoms with Crippen molar-refractivity contribution in [3.63, 3.8) is 0 Å². The Morgan fingerprint density at radius 1 is 0.971 bits per heavy atom. The van der Waals surface area contributed by atoms with Crippen LogP contribution in [-0.2, 0) is 14.3 Å². The smallest absolute Gasteiger partial charge is 0.408 e. The van der Waals surface area contributed by atoms with Crippen LogP contribution in [-0.4, -0.2) is 46.5 Å². The van der Waals surface area contributed by atoms with Crippen LogP contribution in [0.2, 0.25) is 0 Å². The van der Waals surface area contributed by atoms with Gasteiger partial charge in [0.2, 0.25) is 11.8 Å². The maximum atomic E-state index is 13.7. The third-order valence-corrected chi connectivity index (χ3v) is 5.62. The zero-order valence-electron chi connectivity index (χ0n) is 22.7. The summed E-state index contributed by atoms with van der Waals surface area (Å²) in [5, 5.41) is 5.74. The SMILES string of the molecule is CCCC(C)NC(=O)C(c1cc(C)cc(C)c1)N(C(=O)C(C)NC(=O)OC(C)(C)C)C(C)CC. The monoisotopic (exact) mass is 475 g/mol. The molecule has 0 heterocycles. The first kappa shape index (κ1) is 29.5. The second-order valence-corrected chi connectivity index (χ2v) is 10.4. The molecule has 1 rings (SSSR count). The fourth-order valence-corrected chi connectivity index (χ4v) is 4.00. The molecule has 7 heteroatoms. The summed E-state index contributed by atoms with van der Waals surface area (Å²) >= 11 is 0. The molecular weight excluding hydrogens is 430 g/mol. The lowest BCUT2D eigenvalue weighted by molar-refractivity contribution is -0.145. The minimum absolute atomic E-state index is 0.0166. The van der Waals surface area contributed by atoms with Crippen LogP contribution < -0.4 is 10.6 Å². The highest BCUT2D eigenvalue weighted by Crippen LogP contribution is 2.28. The van der Waals surface area contributed by atoms with E-state index in [2.05, 4.69) is 17.6 Å². The highest BCUT2D eigenvalue weighted by atomic mass is 16.6. The summed E-state index contributed by atoms with van der Waals surface area (Å²) in [6.07, 6.45) is 1.78. The van der Waals surface area contributed by atoms with Gasteiger partial charge >= 0.3 is 6.09 Å². The average molecular weight is 476 g/mol. The van der Waals surface area contributed by atoms with Gasteiger partial charge in [-0.3, -0.25) is 9.59 Å². The van der Waals surface area contributed by atoms with Crippen LogP contribution in [0.15, 0.2) is 18.2 Å². The predicted molar refractivity (Wildman–Crippen MR) is 137 cm³/mol. The van der Waals surface area contributed by atoms with Crippen molar-refractivity contribution in [3.8, 4) is 0 Å². The van der Waals surface area contributed by atoms with E-state index < -0.39 is 23.8 Å². The van der Waals surface area contributed by atoms with Gasteiger partial charge in [-0.15, -0.1) is 0 Å². The molecule has 0 aliphatic carbocycles. The molecule has 4 atom stereocenters. The molecule has 0 bridgehead atoms. The van der Waals surface area contributed by atoms with Gasteiger partial charge < -0.3 is 20.3 Å². The molecule has 0 aliphatic rings. The lowest BCUT2D eigenvalue weighted by atomic mass is 9.96. The molecule has 192 valence electrons. The fourth-order valence-electron chi connectivity index (χ4n) is 4.00. The van der Waals surface area contributed by atoms with E-state index in [-0.39, 0.29) is 23.9 Å². The Kier molecular flexibility index (Phi) is 11.1. The van der Waals surface area contributed by atoms with Gasteiger partial charge in [0.1, 0.15) is 17.7 Å². The van der Waals surface area contributed by atoms with Crippen LogP contribution in [0.5, 0.6) is 0 Å². The van der Waals surface area contributed by atoms with Crippen LogP contribution >= 0.6 is 0 Å². The minimum Gasteiger partial charge on any atom is -0.444 e. The molecule has 0 spiro atoms. The zero-order valence-corrected chi connectivity index (χ0v) is 22.7. The molecule has 2 N–H and O–H groups in total. The lowest BCUT2D eigenvalue weighted by Crippen LogP contribution is -2.55. The first-order chi connectivity index (χ1) is 15.7. The Balaban J connectivity index is 3.43. The average Bonchev–Trinajstić information content (AvgIpc) is 2.68. The van der Waals surface area contributed by atoms with Crippen molar-refractivity contribution in [1.29, 1.82) is 0 Å². The van der Waals surface area contributed by atoms with Crippen molar-refractivity contribution in [2.45, 2.75) is 118 Å². The van der Waals surface area contributed by atoms with E-state index in [4.69, 9.17) is 4.74 Å². The summed E-state index contributed by atoms with van der Waals surface area (Å²) in [4.78, 5) is 41.3. The van der Waals surface area contributed by atoms with Crippen molar-refractivity contribution < 1.29 is 19.1 Å². The maximum Gasteiger partial charge on any atom is 0.408 e. The van der Waals surface area contributed by atoms with Gasteiger partial charge in [-0.05, 0) is 73.8 Å². The topological polar surface area (TPSA) is 87.7 Å². The Bertz CT molecular complexity index is 827. The molecule has 1 aromatic rings. The number of hydrogen-bond acceptors (Lipinski definition) is 4. The van der Waals surface area contributed by atoms with Gasteiger partial charge in [0.15, 0.2) is 0 Å². The molecule has 1 aromatic carbocycles. The van der Waals surface area contributed by atoms with E-state index in [1.165, 1.54) is 0 Å². The molecule has 0 radical (unpaired) electrons.